The number of rotatable bonds is 5. The van der Waals surface area contributed by atoms with Gasteiger partial charge in [0.25, 0.3) is 11.8 Å². The van der Waals surface area contributed by atoms with Crippen LogP contribution in [-0.2, 0) is 0 Å². The van der Waals surface area contributed by atoms with Crippen molar-refractivity contribution in [1.82, 2.24) is 15.0 Å². The van der Waals surface area contributed by atoms with Gasteiger partial charge in [-0.3, -0.25) is 14.6 Å². The van der Waals surface area contributed by atoms with E-state index in [1.54, 1.807) is 30.7 Å². The molecule has 0 aliphatic rings. The van der Waals surface area contributed by atoms with Gasteiger partial charge in [-0.25, -0.2) is 4.98 Å². The van der Waals surface area contributed by atoms with Gasteiger partial charge >= 0.3 is 0 Å². The van der Waals surface area contributed by atoms with E-state index in [1.807, 2.05) is 80.6 Å². The summed E-state index contributed by atoms with van der Waals surface area (Å²) in [7, 11) is 0. The third kappa shape index (κ3) is 4.98. The highest BCUT2D eigenvalue weighted by Crippen LogP contribution is 2.28. The Morgan fingerprint density at radius 1 is 0.692 bits per heavy atom. The zero-order chi connectivity index (χ0) is 26.9. The first kappa shape index (κ1) is 24.1. The molecule has 0 aliphatic heterocycles. The molecule has 0 spiro atoms. The number of aromatic nitrogens is 3. The van der Waals surface area contributed by atoms with Crippen molar-refractivity contribution in [3.8, 4) is 11.3 Å². The highest BCUT2D eigenvalue weighted by molar-refractivity contribution is 6.07. The van der Waals surface area contributed by atoms with Gasteiger partial charge in [0, 0.05) is 39.6 Å². The number of H-pyrrole nitrogens is 1. The van der Waals surface area contributed by atoms with Gasteiger partial charge in [0.15, 0.2) is 0 Å². The lowest BCUT2D eigenvalue weighted by atomic mass is 10.0. The first-order valence-electron chi connectivity index (χ1n) is 12.6. The molecule has 0 saturated heterocycles. The molecule has 6 aromatic rings. The molecule has 3 N–H and O–H groups in total. The van der Waals surface area contributed by atoms with E-state index in [4.69, 9.17) is 0 Å². The molecule has 0 radical (unpaired) electrons. The predicted octanol–water partition coefficient (Wildman–Crippen LogP) is 6.90. The van der Waals surface area contributed by atoms with Crippen LogP contribution in [0.3, 0.4) is 0 Å². The number of amides is 2. The van der Waals surface area contributed by atoms with Crippen LogP contribution in [-0.4, -0.2) is 26.8 Å². The van der Waals surface area contributed by atoms with E-state index in [9.17, 15) is 9.59 Å². The van der Waals surface area contributed by atoms with Crippen LogP contribution in [0.5, 0.6) is 0 Å². The summed E-state index contributed by atoms with van der Waals surface area (Å²) in [5.41, 5.74) is 7.91. The van der Waals surface area contributed by atoms with Crippen molar-refractivity contribution in [2.45, 2.75) is 13.8 Å². The predicted molar refractivity (Wildman–Crippen MR) is 155 cm³/mol. The third-order valence-electron chi connectivity index (χ3n) is 6.75. The smallest absolute Gasteiger partial charge is 0.255 e. The van der Waals surface area contributed by atoms with Crippen LogP contribution < -0.4 is 10.6 Å². The number of fused-ring (bicyclic) bond motifs is 2. The normalized spacial score (nSPS) is 11.0. The summed E-state index contributed by atoms with van der Waals surface area (Å²) in [5.74, 6) is -0.390. The number of nitrogens with one attached hydrogen (secondary N) is 3. The number of aryl methyl sites for hydroxylation is 2. The maximum atomic E-state index is 12.9. The van der Waals surface area contributed by atoms with Crippen molar-refractivity contribution in [3.05, 3.63) is 120 Å². The summed E-state index contributed by atoms with van der Waals surface area (Å²) in [5, 5.41) is 7.77. The van der Waals surface area contributed by atoms with Crippen LogP contribution in [0.4, 0.5) is 11.4 Å². The number of anilines is 2. The molecule has 0 fully saturated rings. The molecule has 190 valence electrons. The summed E-state index contributed by atoms with van der Waals surface area (Å²) in [6, 6.07) is 26.4. The summed E-state index contributed by atoms with van der Waals surface area (Å²) < 4.78 is 0. The van der Waals surface area contributed by atoms with Crippen LogP contribution in [0, 0.1) is 13.8 Å². The lowest BCUT2D eigenvalue weighted by Gasteiger charge is -2.11. The minimum atomic E-state index is -0.217. The standard InChI is InChI=1S/C32H25N5O2/c1-19-3-9-25(10-4-19)36-31(38)21-6-7-23-17-33-29(15-24(23)13-21)27-16-26(11-5-20(27)2)37-32(39)22-8-12-28-30(14-22)35-18-34-28/h3-18H,1-2H3,(H,34,35)(H,36,38)(H,37,39). The first-order valence-corrected chi connectivity index (χ1v) is 12.6. The highest BCUT2D eigenvalue weighted by Gasteiger charge is 2.12. The number of benzene rings is 4. The van der Waals surface area contributed by atoms with E-state index < -0.39 is 0 Å². The average Bonchev–Trinajstić information content (AvgIpc) is 3.43. The van der Waals surface area contributed by atoms with Gasteiger partial charge in [-0.1, -0.05) is 29.8 Å². The Bertz CT molecular complexity index is 1870. The molecule has 2 heterocycles. The van der Waals surface area contributed by atoms with E-state index in [1.165, 1.54) is 0 Å². The van der Waals surface area contributed by atoms with Crippen molar-refractivity contribution in [1.29, 1.82) is 0 Å². The molecular formula is C32H25N5O2. The molecular weight excluding hydrogens is 486 g/mol. The SMILES string of the molecule is Cc1ccc(NC(=O)c2ccc3cnc(-c4cc(NC(=O)c5ccc6[nH]cnc6c5)ccc4C)cc3c2)cc1. The van der Waals surface area contributed by atoms with Gasteiger partial charge in [-0.05, 0) is 85.5 Å². The Kier molecular flexibility index (Phi) is 6.09. The molecule has 7 heteroatoms. The molecule has 6 rings (SSSR count). The topological polar surface area (TPSA) is 99.8 Å². The zero-order valence-electron chi connectivity index (χ0n) is 21.4. The Morgan fingerprint density at radius 2 is 1.41 bits per heavy atom. The number of hydrogen-bond donors (Lipinski definition) is 3. The number of carbonyl (C=O) groups excluding carboxylic acids is 2. The lowest BCUT2D eigenvalue weighted by Crippen LogP contribution is -2.12. The van der Waals surface area contributed by atoms with E-state index in [2.05, 4.69) is 25.6 Å². The second kappa shape index (κ2) is 9.87. The average molecular weight is 512 g/mol. The van der Waals surface area contributed by atoms with Gasteiger partial charge in [0.05, 0.1) is 23.1 Å². The Balaban J connectivity index is 1.26. The van der Waals surface area contributed by atoms with Gasteiger partial charge in [0.2, 0.25) is 0 Å². The largest absolute Gasteiger partial charge is 0.345 e. The summed E-state index contributed by atoms with van der Waals surface area (Å²) in [4.78, 5) is 37.8. The fourth-order valence-corrected chi connectivity index (χ4v) is 4.52. The maximum Gasteiger partial charge on any atom is 0.255 e. The lowest BCUT2D eigenvalue weighted by molar-refractivity contribution is 0.101. The van der Waals surface area contributed by atoms with Crippen molar-refractivity contribution in [2.75, 3.05) is 10.6 Å². The third-order valence-corrected chi connectivity index (χ3v) is 6.75. The van der Waals surface area contributed by atoms with Crippen LogP contribution in [0.15, 0.2) is 97.5 Å². The number of imidazole rings is 1. The van der Waals surface area contributed by atoms with Crippen molar-refractivity contribution < 1.29 is 9.59 Å². The van der Waals surface area contributed by atoms with E-state index in [-0.39, 0.29) is 11.8 Å². The van der Waals surface area contributed by atoms with Crippen molar-refractivity contribution in [3.63, 3.8) is 0 Å². The maximum absolute atomic E-state index is 12.9. The van der Waals surface area contributed by atoms with Gasteiger partial charge in [-0.2, -0.15) is 0 Å². The number of aromatic amines is 1. The number of carbonyl (C=O) groups is 2. The number of nitrogens with zero attached hydrogens (tertiary/aromatic N) is 2. The molecule has 0 atom stereocenters. The minimum Gasteiger partial charge on any atom is -0.345 e. The van der Waals surface area contributed by atoms with Crippen LogP contribution >= 0.6 is 0 Å². The van der Waals surface area contributed by atoms with Crippen LogP contribution in [0.1, 0.15) is 31.8 Å². The molecule has 39 heavy (non-hydrogen) atoms. The van der Waals surface area contributed by atoms with Gasteiger partial charge < -0.3 is 15.6 Å². The fraction of sp³-hybridized carbons (Fsp3) is 0.0625. The van der Waals surface area contributed by atoms with E-state index in [0.29, 0.717) is 16.8 Å². The number of pyridine rings is 1. The van der Waals surface area contributed by atoms with Gasteiger partial charge in [0.1, 0.15) is 0 Å². The summed E-state index contributed by atoms with van der Waals surface area (Å²) >= 11 is 0. The molecule has 0 aliphatic carbocycles. The molecule has 7 nitrogen and oxygen atoms in total. The second-order valence-electron chi connectivity index (χ2n) is 9.57. The molecule has 0 saturated carbocycles. The monoisotopic (exact) mass is 511 g/mol. The second-order valence-corrected chi connectivity index (χ2v) is 9.57. The Hall–Kier alpha value is -5.30. The highest BCUT2D eigenvalue weighted by atomic mass is 16.2. The Morgan fingerprint density at radius 3 is 2.23 bits per heavy atom. The number of hydrogen-bond acceptors (Lipinski definition) is 4. The fourth-order valence-electron chi connectivity index (χ4n) is 4.52. The first-order chi connectivity index (χ1) is 18.9. The summed E-state index contributed by atoms with van der Waals surface area (Å²) in [6.45, 7) is 4.01. The minimum absolute atomic E-state index is 0.173. The van der Waals surface area contributed by atoms with Crippen LogP contribution in [0.25, 0.3) is 33.1 Å². The zero-order valence-corrected chi connectivity index (χ0v) is 21.4. The molecule has 0 bridgehead atoms. The molecule has 4 aromatic carbocycles. The quantitative estimate of drug-likeness (QED) is 0.234. The summed E-state index contributed by atoms with van der Waals surface area (Å²) in [6.07, 6.45) is 3.41. The molecule has 2 aromatic heterocycles. The Labute approximate surface area is 224 Å². The van der Waals surface area contributed by atoms with E-state index >= 15 is 0 Å². The van der Waals surface area contributed by atoms with E-state index in [0.717, 1.165) is 49.9 Å². The molecule has 0 unspecified atom stereocenters. The van der Waals surface area contributed by atoms with Crippen molar-refractivity contribution >= 4 is 45.0 Å². The molecule has 2 amide bonds. The van der Waals surface area contributed by atoms with Gasteiger partial charge in [-0.15, -0.1) is 0 Å². The van der Waals surface area contributed by atoms with Crippen LogP contribution in [0.2, 0.25) is 0 Å². The van der Waals surface area contributed by atoms with Crippen molar-refractivity contribution in [2.24, 2.45) is 0 Å².